The fraction of sp³-hybridized carbons (Fsp3) is 0.615. The second-order valence-electron chi connectivity index (χ2n) is 4.48. The quantitative estimate of drug-likeness (QED) is 0.416. The van der Waals surface area contributed by atoms with Crippen molar-refractivity contribution in [1.29, 1.82) is 0 Å². The summed E-state index contributed by atoms with van der Waals surface area (Å²) in [4.78, 5) is 32.2. The molecule has 0 aromatic carbocycles. The molecule has 0 aliphatic heterocycles. The third-order valence-electron chi connectivity index (χ3n) is 2.93. The summed E-state index contributed by atoms with van der Waals surface area (Å²) in [5.41, 5.74) is 0.110. The molecule has 0 rings (SSSR count). The molecule has 0 spiro atoms. The number of nitrogens with one attached hydrogen (secondary N) is 1. The number of rotatable bonds is 10. The van der Waals surface area contributed by atoms with Gasteiger partial charge < -0.3 is 15.5 Å². The van der Waals surface area contributed by atoms with E-state index in [-0.39, 0.29) is 17.3 Å². The van der Waals surface area contributed by atoms with Gasteiger partial charge in [-0.2, -0.15) is 0 Å². The molecule has 0 saturated heterocycles. The summed E-state index contributed by atoms with van der Waals surface area (Å²) in [5.74, 6) is -1.18. The van der Waals surface area contributed by atoms with Gasteiger partial charge >= 0.3 is 12.1 Å². The van der Waals surface area contributed by atoms with Gasteiger partial charge in [-0.15, -0.1) is 0 Å². The molecule has 0 bridgehead atoms. The molecule has 6 nitrogen and oxygen atoms in total. The number of Topliss-reactive ketones (excluding diaryl/α,β-unsaturated/α-hetero) is 1. The van der Waals surface area contributed by atoms with Gasteiger partial charge in [-0.3, -0.25) is 4.79 Å². The summed E-state index contributed by atoms with van der Waals surface area (Å²) < 4.78 is 0. The average molecular weight is 271 g/mol. The highest BCUT2D eigenvalue weighted by atomic mass is 16.4. The highest BCUT2D eigenvalue weighted by molar-refractivity contribution is 5.86. The SMILES string of the molecule is C=C(CCC(CCCCNC(=O)O)C(C)=O)C(=O)O. The molecule has 0 aromatic rings. The average Bonchev–Trinajstić information content (AvgIpc) is 2.31. The Morgan fingerprint density at radius 2 is 1.79 bits per heavy atom. The molecular weight excluding hydrogens is 250 g/mol. The van der Waals surface area contributed by atoms with Gasteiger partial charge in [0.25, 0.3) is 0 Å². The van der Waals surface area contributed by atoms with Gasteiger partial charge in [0.15, 0.2) is 0 Å². The van der Waals surface area contributed by atoms with Crippen LogP contribution in [0, 0.1) is 5.92 Å². The third kappa shape index (κ3) is 8.82. The number of carbonyl (C=O) groups excluding carboxylic acids is 1. The Balaban J connectivity index is 3.93. The van der Waals surface area contributed by atoms with Crippen molar-refractivity contribution in [2.24, 2.45) is 5.92 Å². The second kappa shape index (κ2) is 9.13. The highest BCUT2D eigenvalue weighted by Gasteiger charge is 2.15. The lowest BCUT2D eigenvalue weighted by Gasteiger charge is -2.13. The number of hydrogen-bond acceptors (Lipinski definition) is 3. The van der Waals surface area contributed by atoms with E-state index in [9.17, 15) is 14.4 Å². The topological polar surface area (TPSA) is 104 Å². The van der Waals surface area contributed by atoms with E-state index < -0.39 is 12.1 Å². The zero-order chi connectivity index (χ0) is 14.8. The van der Waals surface area contributed by atoms with E-state index in [0.717, 1.165) is 6.42 Å². The second-order valence-corrected chi connectivity index (χ2v) is 4.48. The lowest BCUT2D eigenvalue weighted by atomic mass is 9.91. The molecule has 0 heterocycles. The lowest BCUT2D eigenvalue weighted by molar-refractivity contribution is -0.133. The molecule has 108 valence electrons. The molecule has 1 unspecified atom stereocenters. The maximum Gasteiger partial charge on any atom is 0.404 e. The van der Waals surface area contributed by atoms with Crippen molar-refractivity contribution in [2.45, 2.75) is 39.0 Å². The minimum absolute atomic E-state index is 0.0318. The predicted octanol–water partition coefficient (Wildman–Crippen LogP) is 2.05. The Morgan fingerprint density at radius 3 is 2.26 bits per heavy atom. The maximum absolute atomic E-state index is 11.4. The van der Waals surface area contributed by atoms with Gasteiger partial charge in [0.1, 0.15) is 5.78 Å². The summed E-state index contributed by atoms with van der Waals surface area (Å²) >= 11 is 0. The van der Waals surface area contributed by atoms with E-state index in [1.807, 2.05) is 0 Å². The first kappa shape index (κ1) is 17.2. The number of hydrogen-bond donors (Lipinski definition) is 3. The van der Waals surface area contributed by atoms with Crippen molar-refractivity contribution in [1.82, 2.24) is 5.32 Å². The van der Waals surface area contributed by atoms with Crippen molar-refractivity contribution in [3.63, 3.8) is 0 Å². The zero-order valence-corrected chi connectivity index (χ0v) is 11.1. The molecular formula is C13H21NO5. The van der Waals surface area contributed by atoms with Crippen LogP contribution in [0.1, 0.15) is 39.0 Å². The third-order valence-corrected chi connectivity index (χ3v) is 2.93. The number of aliphatic carboxylic acids is 1. The molecule has 0 fully saturated rings. The predicted molar refractivity (Wildman–Crippen MR) is 70.1 cm³/mol. The minimum Gasteiger partial charge on any atom is -0.478 e. The molecule has 6 heteroatoms. The van der Waals surface area contributed by atoms with Gasteiger partial charge in [0, 0.05) is 18.0 Å². The van der Waals surface area contributed by atoms with Crippen molar-refractivity contribution >= 4 is 17.8 Å². The molecule has 3 N–H and O–H groups in total. The van der Waals surface area contributed by atoms with E-state index in [1.54, 1.807) is 0 Å². The van der Waals surface area contributed by atoms with Crippen molar-refractivity contribution < 1.29 is 24.6 Å². The maximum atomic E-state index is 11.4. The molecule has 0 aliphatic carbocycles. The number of carbonyl (C=O) groups is 3. The van der Waals surface area contributed by atoms with Crippen molar-refractivity contribution in [3.05, 3.63) is 12.2 Å². The van der Waals surface area contributed by atoms with Crippen LogP contribution in [0.3, 0.4) is 0 Å². The Bertz CT molecular complexity index is 351. The van der Waals surface area contributed by atoms with Crippen LogP contribution in [0.15, 0.2) is 12.2 Å². The molecule has 0 radical (unpaired) electrons. The molecule has 0 aliphatic rings. The van der Waals surface area contributed by atoms with Gasteiger partial charge in [0.2, 0.25) is 0 Å². The van der Waals surface area contributed by atoms with E-state index in [0.29, 0.717) is 32.2 Å². The number of unbranched alkanes of at least 4 members (excludes halogenated alkanes) is 1. The van der Waals surface area contributed by atoms with Crippen LogP contribution >= 0.6 is 0 Å². The fourth-order valence-electron chi connectivity index (χ4n) is 1.72. The first-order valence-electron chi connectivity index (χ1n) is 6.23. The largest absolute Gasteiger partial charge is 0.478 e. The molecule has 0 aromatic heterocycles. The van der Waals surface area contributed by atoms with Gasteiger partial charge in [0.05, 0.1) is 0 Å². The van der Waals surface area contributed by atoms with Crippen LogP contribution in [0.25, 0.3) is 0 Å². The number of amides is 1. The molecule has 19 heavy (non-hydrogen) atoms. The van der Waals surface area contributed by atoms with Crippen LogP contribution in [0.4, 0.5) is 4.79 Å². The van der Waals surface area contributed by atoms with Crippen LogP contribution in [0.5, 0.6) is 0 Å². The summed E-state index contributed by atoms with van der Waals surface area (Å²) in [6.45, 7) is 5.28. The lowest BCUT2D eigenvalue weighted by Crippen LogP contribution is -2.22. The Morgan fingerprint density at radius 1 is 1.16 bits per heavy atom. The monoisotopic (exact) mass is 271 g/mol. The first-order valence-corrected chi connectivity index (χ1v) is 6.23. The summed E-state index contributed by atoms with van der Waals surface area (Å²) in [7, 11) is 0. The number of ketones is 1. The van der Waals surface area contributed by atoms with Gasteiger partial charge in [-0.1, -0.05) is 13.0 Å². The van der Waals surface area contributed by atoms with E-state index >= 15 is 0 Å². The smallest absolute Gasteiger partial charge is 0.404 e. The molecule has 1 atom stereocenters. The van der Waals surface area contributed by atoms with E-state index in [4.69, 9.17) is 10.2 Å². The summed E-state index contributed by atoms with van der Waals surface area (Å²) in [6.07, 6.45) is 1.75. The zero-order valence-electron chi connectivity index (χ0n) is 11.1. The Hall–Kier alpha value is -1.85. The first-order chi connectivity index (χ1) is 8.84. The van der Waals surface area contributed by atoms with Crippen molar-refractivity contribution in [3.8, 4) is 0 Å². The van der Waals surface area contributed by atoms with Crippen LogP contribution < -0.4 is 5.32 Å². The van der Waals surface area contributed by atoms with Gasteiger partial charge in [-0.25, -0.2) is 9.59 Å². The minimum atomic E-state index is -1.05. The molecule has 1 amide bonds. The van der Waals surface area contributed by atoms with E-state index in [2.05, 4.69) is 11.9 Å². The Kier molecular flexibility index (Phi) is 8.24. The van der Waals surface area contributed by atoms with Gasteiger partial charge in [-0.05, 0) is 32.6 Å². The van der Waals surface area contributed by atoms with E-state index in [1.165, 1.54) is 6.92 Å². The highest BCUT2D eigenvalue weighted by Crippen LogP contribution is 2.18. The normalized spacial score (nSPS) is 11.6. The Labute approximate surface area is 112 Å². The van der Waals surface area contributed by atoms with Crippen LogP contribution in [-0.4, -0.2) is 34.6 Å². The standard InChI is InChI=1S/C13H21NO5/c1-9(12(16)17)6-7-11(10(2)15)5-3-4-8-14-13(18)19/h11,14H,1,3-8H2,2H3,(H,16,17)(H,18,19). The van der Waals surface area contributed by atoms with Crippen LogP contribution in [-0.2, 0) is 9.59 Å². The number of carboxylic acid groups (broad SMARTS) is 2. The van der Waals surface area contributed by atoms with Crippen molar-refractivity contribution in [2.75, 3.05) is 6.54 Å². The number of carboxylic acids is 1. The van der Waals surface area contributed by atoms with Crippen LogP contribution in [0.2, 0.25) is 0 Å². The summed E-state index contributed by atoms with van der Waals surface area (Å²) in [6, 6.07) is 0. The summed E-state index contributed by atoms with van der Waals surface area (Å²) in [5, 5.41) is 19.3. The fourth-order valence-corrected chi connectivity index (χ4v) is 1.72. The molecule has 0 saturated carbocycles.